The molecule has 22 heavy (non-hydrogen) atoms. The molecule has 0 saturated heterocycles. The topological polar surface area (TPSA) is 55.4 Å². The van der Waals surface area contributed by atoms with Gasteiger partial charge in [-0.2, -0.15) is 0 Å². The summed E-state index contributed by atoms with van der Waals surface area (Å²) in [6.45, 7) is 2.54. The number of ether oxygens (including phenoxy) is 1. The second-order valence-corrected chi connectivity index (χ2v) is 6.55. The van der Waals surface area contributed by atoms with E-state index in [1.54, 1.807) is 6.07 Å². The van der Waals surface area contributed by atoms with Crippen LogP contribution in [-0.4, -0.2) is 15.0 Å². The Morgan fingerprint density at radius 1 is 1.09 bits per heavy atom. The van der Waals surface area contributed by atoms with Gasteiger partial charge in [0, 0.05) is 12.1 Å². The SMILES string of the molecule is CCOc1ccccc1CNS(=O)(=O)Cc1ccc(F)cc1. The van der Waals surface area contributed by atoms with Crippen molar-refractivity contribution in [1.82, 2.24) is 4.72 Å². The van der Waals surface area contributed by atoms with E-state index in [0.29, 0.717) is 17.9 Å². The predicted molar refractivity (Wildman–Crippen MR) is 83.5 cm³/mol. The number of hydrogen-bond acceptors (Lipinski definition) is 3. The van der Waals surface area contributed by atoms with E-state index in [-0.39, 0.29) is 18.1 Å². The zero-order chi connectivity index (χ0) is 16.0. The Morgan fingerprint density at radius 2 is 1.77 bits per heavy atom. The number of benzene rings is 2. The zero-order valence-electron chi connectivity index (χ0n) is 12.3. The maximum absolute atomic E-state index is 12.8. The van der Waals surface area contributed by atoms with Crippen LogP contribution in [-0.2, 0) is 22.3 Å². The van der Waals surface area contributed by atoms with Gasteiger partial charge in [0.15, 0.2) is 0 Å². The smallest absolute Gasteiger partial charge is 0.216 e. The summed E-state index contributed by atoms with van der Waals surface area (Å²) in [6.07, 6.45) is 0. The van der Waals surface area contributed by atoms with Gasteiger partial charge in [0.25, 0.3) is 0 Å². The highest BCUT2D eigenvalue weighted by Gasteiger charge is 2.13. The van der Waals surface area contributed by atoms with E-state index >= 15 is 0 Å². The van der Waals surface area contributed by atoms with Gasteiger partial charge in [-0.3, -0.25) is 0 Å². The molecule has 4 nitrogen and oxygen atoms in total. The fourth-order valence-electron chi connectivity index (χ4n) is 1.98. The molecule has 0 aliphatic heterocycles. The van der Waals surface area contributed by atoms with E-state index in [1.165, 1.54) is 24.3 Å². The van der Waals surface area contributed by atoms with Crippen LogP contribution in [0.2, 0.25) is 0 Å². The first-order valence-electron chi connectivity index (χ1n) is 6.92. The monoisotopic (exact) mass is 323 g/mol. The van der Waals surface area contributed by atoms with Crippen molar-refractivity contribution in [3.05, 3.63) is 65.5 Å². The summed E-state index contributed by atoms with van der Waals surface area (Å²) in [5, 5.41) is 0. The number of nitrogens with one attached hydrogen (secondary N) is 1. The molecular formula is C16H18FNO3S. The molecule has 2 aromatic carbocycles. The van der Waals surface area contributed by atoms with E-state index in [4.69, 9.17) is 4.74 Å². The number of hydrogen-bond donors (Lipinski definition) is 1. The molecule has 0 fully saturated rings. The maximum Gasteiger partial charge on any atom is 0.216 e. The average molecular weight is 323 g/mol. The second kappa shape index (κ2) is 7.38. The molecule has 0 unspecified atom stereocenters. The lowest BCUT2D eigenvalue weighted by molar-refractivity contribution is 0.336. The lowest BCUT2D eigenvalue weighted by atomic mass is 10.2. The summed E-state index contributed by atoms with van der Waals surface area (Å²) in [4.78, 5) is 0. The molecule has 118 valence electrons. The minimum Gasteiger partial charge on any atom is -0.494 e. The first-order valence-corrected chi connectivity index (χ1v) is 8.58. The maximum atomic E-state index is 12.8. The molecule has 0 atom stereocenters. The van der Waals surface area contributed by atoms with Crippen LogP contribution in [0.15, 0.2) is 48.5 Å². The van der Waals surface area contributed by atoms with Gasteiger partial charge in [-0.15, -0.1) is 0 Å². The Morgan fingerprint density at radius 3 is 2.45 bits per heavy atom. The van der Waals surface area contributed by atoms with Gasteiger partial charge >= 0.3 is 0 Å². The summed E-state index contributed by atoms with van der Waals surface area (Å²) >= 11 is 0. The summed E-state index contributed by atoms with van der Waals surface area (Å²) in [7, 11) is -3.51. The summed E-state index contributed by atoms with van der Waals surface area (Å²) in [5.74, 6) is 0.0820. The number of halogens is 1. The zero-order valence-corrected chi connectivity index (χ0v) is 13.1. The highest BCUT2D eigenvalue weighted by Crippen LogP contribution is 2.18. The minimum absolute atomic E-state index is 0.152. The molecule has 6 heteroatoms. The molecule has 0 saturated carbocycles. The molecule has 1 N–H and O–H groups in total. The van der Waals surface area contributed by atoms with Crippen molar-refractivity contribution in [3.8, 4) is 5.75 Å². The molecule has 2 rings (SSSR count). The first kappa shape index (κ1) is 16.5. The van der Waals surface area contributed by atoms with Gasteiger partial charge in [0.1, 0.15) is 11.6 Å². The van der Waals surface area contributed by atoms with Crippen molar-refractivity contribution in [1.29, 1.82) is 0 Å². The Hall–Kier alpha value is -1.92. The van der Waals surface area contributed by atoms with Crippen molar-refractivity contribution < 1.29 is 17.5 Å². The van der Waals surface area contributed by atoms with Gasteiger partial charge in [0.05, 0.1) is 12.4 Å². The highest BCUT2D eigenvalue weighted by molar-refractivity contribution is 7.88. The molecule has 0 aliphatic rings. The molecular weight excluding hydrogens is 305 g/mol. The third kappa shape index (κ3) is 4.82. The Balaban J connectivity index is 2.02. The minimum atomic E-state index is -3.51. The molecule has 2 aromatic rings. The molecule has 0 bridgehead atoms. The first-order chi connectivity index (χ1) is 10.5. The van der Waals surface area contributed by atoms with Gasteiger partial charge in [-0.25, -0.2) is 17.5 Å². The predicted octanol–water partition coefficient (Wildman–Crippen LogP) is 2.84. The average Bonchev–Trinajstić information content (AvgIpc) is 2.49. The molecule has 0 aliphatic carbocycles. The third-order valence-corrected chi connectivity index (χ3v) is 4.32. The van der Waals surface area contributed by atoms with Crippen LogP contribution in [0.25, 0.3) is 0 Å². The van der Waals surface area contributed by atoms with Crippen molar-refractivity contribution in [2.24, 2.45) is 0 Å². The number of sulfonamides is 1. The standard InChI is InChI=1S/C16H18FNO3S/c1-2-21-16-6-4-3-5-14(16)11-18-22(19,20)12-13-7-9-15(17)10-8-13/h3-10,18H,2,11-12H2,1H3. The normalized spacial score (nSPS) is 11.4. The van der Waals surface area contributed by atoms with Crippen molar-refractivity contribution >= 4 is 10.0 Å². The van der Waals surface area contributed by atoms with Gasteiger partial charge in [0.2, 0.25) is 10.0 Å². The quantitative estimate of drug-likeness (QED) is 0.852. The summed E-state index contributed by atoms with van der Waals surface area (Å²) in [6, 6.07) is 12.7. The lowest BCUT2D eigenvalue weighted by Crippen LogP contribution is -2.25. The van der Waals surface area contributed by atoms with Crippen LogP contribution >= 0.6 is 0 Å². The van der Waals surface area contributed by atoms with Crippen LogP contribution in [0.5, 0.6) is 5.75 Å². The van der Waals surface area contributed by atoms with Crippen LogP contribution in [0, 0.1) is 5.82 Å². The van der Waals surface area contributed by atoms with Crippen molar-refractivity contribution in [2.45, 2.75) is 19.2 Å². The van der Waals surface area contributed by atoms with Gasteiger partial charge in [-0.05, 0) is 30.7 Å². The van der Waals surface area contributed by atoms with Crippen molar-refractivity contribution in [2.75, 3.05) is 6.61 Å². The fraction of sp³-hybridized carbons (Fsp3) is 0.250. The van der Waals surface area contributed by atoms with E-state index in [0.717, 1.165) is 5.56 Å². The van der Waals surface area contributed by atoms with E-state index in [9.17, 15) is 12.8 Å². The number of rotatable bonds is 7. The third-order valence-electron chi connectivity index (χ3n) is 3.02. The molecule has 0 amide bonds. The van der Waals surface area contributed by atoms with Gasteiger partial charge in [-0.1, -0.05) is 30.3 Å². The molecule has 0 spiro atoms. The Labute approximate surface area is 130 Å². The Bertz CT molecular complexity index is 714. The molecule has 0 aromatic heterocycles. The summed E-state index contributed by atoms with van der Waals surface area (Å²) in [5.41, 5.74) is 1.30. The van der Waals surface area contributed by atoms with Crippen molar-refractivity contribution in [3.63, 3.8) is 0 Å². The lowest BCUT2D eigenvalue weighted by Gasteiger charge is -2.11. The molecule has 0 heterocycles. The van der Waals surface area contributed by atoms with Crippen LogP contribution in [0.3, 0.4) is 0 Å². The highest BCUT2D eigenvalue weighted by atomic mass is 32.2. The van der Waals surface area contributed by atoms with Crippen LogP contribution in [0.4, 0.5) is 4.39 Å². The van der Waals surface area contributed by atoms with E-state index in [2.05, 4.69) is 4.72 Å². The number of para-hydroxylation sites is 1. The second-order valence-electron chi connectivity index (χ2n) is 4.75. The van der Waals surface area contributed by atoms with E-state index < -0.39 is 10.0 Å². The van der Waals surface area contributed by atoms with Gasteiger partial charge < -0.3 is 4.74 Å². The summed E-state index contributed by atoms with van der Waals surface area (Å²) < 4.78 is 45.0. The van der Waals surface area contributed by atoms with E-state index in [1.807, 2.05) is 25.1 Å². The van der Waals surface area contributed by atoms with Crippen LogP contribution < -0.4 is 9.46 Å². The Kier molecular flexibility index (Phi) is 5.51. The van der Waals surface area contributed by atoms with Crippen LogP contribution in [0.1, 0.15) is 18.1 Å². The fourth-order valence-corrected chi connectivity index (χ4v) is 3.09. The largest absolute Gasteiger partial charge is 0.494 e. The molecule has 0 radical (unpaired) electrons.